The number of hydrogen-bond donors (Lipinski definition) is 1. The number of nitro groups is 1. The van der Waals surface area contributed by atoms with Crippen LogP contribution in [0.5, 0.6) is 0 Å². The predicted octanol–water partition coefficient (Wildman–Crippen LogP) is 5.49. The van der Waals surface area contributed by atoms with E-state index in [2.05, 4.69) is 21.2 Å². The molecule has 2 rings (SSSR count). The Labute approximate surface area is 136 Å². The Morgan fingerprint density at radius 2 is 1.90 bits per heavy atom. The molecule has 110 valence electrons. The molecule has 0 aromatic heterocycles. The van der Waals surface area contributed by atoms with Crippen LogP contribution >= 0.6 is 27.5 Å². The summed E-state index contributed by atoms with van der Waals surface area (Å²) in [6.07, 6.45) is 0. The van der Waals surface area contributed by atoms with Gasteiger partial charge < -0.3 is 5.32 Å². The van der Waals surface area contributed by atoms with Crippen molar-refractivity contribution in [1.82, 2.24) is 0 Å². The van der Waals surface area contributed by atoms with Crippen molar-refractivity contribution in [3.63, 3.8) is 0 Å². The first-order valence-corrected chi connectivity index (χ1v) is 7.52. The first kappa shape index (κ1) is 15.8. The average Bonchev–Trinajstić information content (AvgIpc) is 2.42. The van der Waals surface area contributed by atoms with Crippen LogP contribution in [0.15, 0.2) is 40.9 Å². The molecule has 6 heteroatoms. The summed E-state index contributed by atoms with van der Waals surface area (Å²) in [5, 5.41) is 15.0. The highest BCUT2D eigenvalue weighted by atomic mass is 79.9. The number of benzene rings is 2. The van der Waals surface area contributed by atoms with Gasteiger partial charge in [0.1, 0.15) is 0 Å². The normalized spacial score (nSPS) is 12.0. The average molecular weight is 370 g/mol. The van der Waals surface area contributed by atoms with Crippen LogP contribution in [-0.4, -0.2) is 4.92 Å². The number of rotatable bonds is 4. The van der Waals surface area contributed by atoms with Gasteiger partial charge in [-0.3, -0.25) is 10.1 Å². The lowest BCUT2D eigenvalue weighted by Gasteiger charge is -2.17. The molecular formula is C15H14BrClN2O2. The minimum atomic E-state index is -0.375. The number of anilines is 1. The van der Waals surface area contributed by atoms with Crippen molar-refractivity contribution in [3.8, 4) is 0 Å². The molecule has 0 saturated carbocycles. The van der Waals surface area contributed by atoms with Crippen molar-refractivity contribution in [2.24, 2.45) is 0 Å². The quantitative estimate of drug-likeness (QED) is 0.572. The summed E-state index contributed by atoms with van der Waals surface area (Å²) < 4.78 is 0.798. The Kier molecular flexibility index (Phi) is 4.85. The maximum atomic E-state index is 11.0. The second kappa shape index (κ2) is 6.45. The van der Waals surface area contributed by atoms with E-state index in [9.17, 15) is 10.1 Å². The molecule has 1 unspecified atom stereocenters. The van der Waals surface area contributed by atoms with E-state index in [1.807, 2.05) is 31.2 Å². The second-order valence-electron chi connectivity index (χ2n) is 4.79. The molecule has 0 heterocycles. The van der Waals surface area contributed by atoms with E-state index in [0.717, 1.165) is 10.0 Å². The van der Waals surface area contributed by atoms with E-state index in [1.54, 1.807) is 19.1 Å². The number of aryl methyl sites for hydroxylation is 1. The molecule has 0 spiro atoms. The summed E-state index contributed by atoms with van der Waals surface area (Å²) in [4.78, 5) is 10.7. The topological polar surface area (TPSA) is 55.2 Å². The molecule has 4 nitrogen and oxygen atoms in total. The lowest BCUT2D eigenvalue weighted by Crippen LogP contribution is -2.07. The van der Waals surface area contributed by atoms with E-state index in [4.69, 9.17) is 11.6 Å². The van der Waals surface area contributed by atoms with Crippen LogP contribution in [0.2, 0.25) is 5.02 Å². The van der Waals surface area contributed by atoms with Gasteiger partial charge in [-0.1, -0.05) is 23.7 Å². The van der Waals surface area contributed by atoms with Crippen molar-refractivity contribution in [1.29, 1.82) is 0 Å². The fourth-order valence-corrected chi connectivity index (χ4v) is 2.73. The molecule has 0 amide bonds. The van der Waals surface area contributed by atoms with Gasteiger partial charge in [0.15, 0.2) is 0 Å². The van der Waals surface area contributed by atoms with Gasteiger partial charge in [0, 0.05) is 27.2 Å². The van der Waals surface area contributed by atoms with Crippen LogP contribution in [0.25, 0.3) is 0 Å². The summed E-state index contributed by atoms with van der Waals surface area (Å²) in [5.41, 5.74) is 2.46. The molecule has 0 aliphatic heterocycles. The van der Waals surface area contributed by atoms with Crippen molar-refractivity contribution in [2.45, 2.75) is 19.9 Å². The van der Waals surface area contributed by atoms with E-state index < -0.39 is 0 Å². The molecule has 2 aromatic rings. The van der Waals surface area contributed by atoms with E-state index in [-0.39, 0.29) is 16.7 Å². The maximum Gasteiger partial charge on any atom is 0.274 e. The summed E-state index contributed by atoms with van der Waals surface area (Å²) in [7, 11) is 0. The van der Waals surface area contributed by atoms with E-state index in [0.29, 0.717) is 16.3 Å². The zero-order chi connectivity index (χ0) is 15.6. The van der Waals surface area contributed by atoms with Crippen LogP contribution in [0.3, 0.4) is 0 Å². The monoisotopic (exact) mass is 368 g/mol. The Balaban J connectivity index is 2.28. The third-order valence-corrected chi connectivity index (χ3v) is 4.13. The van der Waals surface area contributed by atoms with Crippen LogP contribution in [0.4, 0.5) is 11.4 Å². The number of hydrogen-bond acceptors (Lipinski definition) is 3. The second-order valence-corrected chi connectivity index (χ2v) is 6.08. The van der Waals surface area contributed by atoms with Crippen LogP contribution in [-0.2, 0) is 0 Å². The molecular weight excluding hydrogens is 356 g/mol. The number of nitrogens with zero attached hydrogens (tertiary/aromatic N) is 1. The Morgan fingerprint density at radius 3 is 2.48 bits per heavy atom. The fourth-order valence-electron chi connectivity index (χ4n) is 2.04. The smallest absolute Gasteiger partial charge is 0.274 e. The summed E-state index contributed by atoms with van der Waals surface area (Å²) in [6, 6.07) is 10.8. The highest BCUT2D eigenvalue weighted by Crippen LogP contribution is 2.33. The number of nitrogens with one attached hydrogen (secondary N) is 1. The van der Waals surface area contributed by atoms with Crippen molar-refractivity contribution >= 4 is 38.9 Å². The number of halogens is 2. The van der Waals surface area contributed by atoms with Gasteiger partial charge in [-0.15, -0.1) is 0 Å². The standard InChI is InChI=1S/C15H14BrClN2O2/c1-9-7-13(16)14(8-15(9)19(20)21)18-10(2)11-3-5-12(17)6-4-11/h3-8,10,18H,1-2H3. The third-order valence-electron chi connectivity index (χ3n) is 3.22. The molecule has 1 N–H and O–H groups in total. The van der Waals surface area contributed by atoms with Crippen LogP contribution in [0, 0.1) is 17.0 Å². The van der Waals surface area contributed by atoms with Gasteiger partial charge in [-0.2, -0.15) is 0 Å². The Hall–Kier alpha value is -1.59. The molecule has 0 radical (unpaired) electrons. The third kappa shape index (κ3) is 3.74. The molecule has 21 heavy (non-hydrogen) atoms. The van der Waals surface area contributed by atoms with Crippen LogP contribution < -0.4 is 5.32 Å². The molecule has 2 aromatic carbocycles. The summed E-state index contributed by atoms with van der Waals surface area (Å²) >= 11 is 9.31. The number of nitro benzene ring substituents is 1. The molecule has 0 aliphatic rings. The molecule has 0 fully saturated rings. The van der Waals surface area contributed by atoms with Gasteiger partial charge in [0.2, 0.25) is 0 Å². The van der Waals surface area contributed by atoms with Gasteiger partial charge >= 0.3 is 0 Å². The first-order chi connectivity index (χ1) is 9.88. The van der Waals surface area contributed by atoms with Gasteiger partial charge in [-0.05, 0) is 53.5 Å². The van der Waals surface area contributed by atoms with Crippen molar-refractivity contribution in [2.75, 3.05) is 5.32 Å². The highest BCUT2D eigenvalue weighted by molar-refractivity contribution is 9.10. The molecule has 1 atom stereocenters. The van der Waals surface area contributed by atoms with Crippen molar-refractivity contribution in [3.05, 3.63) is 67.1 Å². The van der Waals surface area contributed by atoms with Crippen molar-refractivity contribution < 1.29 is 4.92 Å². The van der Waals surface area contributed by atoms with Crippen LogP contribution in [0.1, 0.15) is 24.1 Å². The lowest BCUT2D eigenvalue weighted by atomic mass is 10.1. The minimum Gasteiger partial charge on any atom is -0.377 e. The zero-order valence-electron chi connectivity index (χ0n) is 11.6. The van der Waals surface area contributed by atoms with Gasteiger partial charge in [0.25, 0.3) is 5.69 Å². The van der Waals surface area contributed by atoms with E-state index >= 15 is 0 Å². The van der Waals surface area contributed by atoms with E-state index in [1.165, 1.54) is 0 Å². The fraction of sp³-hybridized carbons (Fsp3) is 0.200. The first-order valence-electron chi connectivity index (χ1n) is 6.35. The predicted molar refractivity (Wildman–Crippen MR) is 89.0 cm³/mol. The summed E-state index contributed by atoms with van der Waals surface area (Å²) in [6.45, 7) is 3.71. The van der Waals surface area contributed by atoms with Gasteiger partial charge in [-0.25, -0.2) is 0 Å². The SMILES string of the molecule is Cc1cc(Br)c(NC(C)c2ccc(Cl)cc2)cc1[N+](=O)[O-]. The largest absolute Gasteiger partial charge is 0.377 e. The lowest BCUT2D eigenvalue weighted by molar-refractivity contribution is -0.385. The highest BCUT2D eigenvalue weighted by Gasteiger charge is 2.16. The minimum absolute atomic E-state index is 0.000812. The maximum absolute atomic E-state index is 11.0. The molecule has 0 aliphatic carbocycles. The Morgan fingerprint density at radius 1 is 1.29 bits per heavy atom. The summed E-state index contributed by atoms with van der Waals surface area (Å²) in [5.74, 6) is 0. The zero-order valence-corrected chi connectivity index (χ0v) is 13.9. The molecule has 0 saturated heterocycles. The Bertz CT molecular complexity index is 674. The van der Waals surface area contributed by atoms with Gasteiger partial charge in [0.05, 0.1) is 10.6 Å². The molecule has 0 bridgehead atoms.